The van der Waals surface area contributed by atoms with Gasteiger partial charge in [0, 0.05) is 36.9 Å². The van der Waals surface area contributed by atoms with E-state index in [0.717, 1.165) is 44.5 Å². The lowest BCUT2D eigenvalue weighted by atomic mass is 10.0. The monoisotopic (exact) mass is 332 g/mol. The number of carbonyl (C=O) groups excluding carboxylic acids is 2. The Hall–Kier alpha value is -2.08. The standard InChI is InChI=1S/C18H28N4O2/c1-3-8-20-17(23)12-22-9-6-15(7-10-22)21-18(24)16-11-14(19)5-4-13(16)2/h4-5,11,15H,3,6-10,12,19H2,1-2H3,(H,20,23)(H,21,24). The predicted octanol–water partition coefficient (Wildman–Crippen LogP) is 1.30. The zero-order valence-corrected chi connectivity index (χ0v) is 14.6. The van der Waals surface area contributed by atoms with Crippen molar-refractivity contribution in [2.45, 2.75) is 39.2 Å². The zero-order valence-electron chi connectivity index (χ0n) is 14.6. The predicted molar refractivity (Wildman–Crippen MR) is 95.8 cm³/mol. The molecule has 1 aromatic rings. The van der Waals surface area contributed by atoms with Crippen molar-refractivity contribution >= 4 is 17.5 Å². The summed E-state index contributed by atoms with van der Waals surface area (Å²) in [6.45, 7) is 6.75. The van der Waals surface area contributed by atoms with Gasteiger partial charge in [-0.05, 0) is 43.9 Å². The van der Waals surface area contributed by atoms with E-state index in [0.29, 0.717) is 17.8 Å². The Morgan fingerprint density at radius 3 is 2.67 bits per heavy atom. The number of rotatable bonds is 6. The minimum absolute atomic E-state index is 0.0704. The molecule has 0 saturated carbocycles. The van der Waals surface area contributed by atoms with Crippen molar-refractivity contribution in [2.24, 2.45) is 0 Å². The molecule has 2 rings (SSSR count). The highest BCUT2D eigenvalue weighted by Gasteiger charge is 2.22. The Labute approximate surface area is 143 Å². The van der Waals surface area contributed by atoms with E-state index in [4.69, 9.17) is 5.73 Å². The fraction of sp³-hybridized carbons (Fsp3) is 0.556. The average molecular weight is 332 g/mol. The summed E-state index contributed by atoms with van der Waals surface area (Å²) in [5.41, 5.74) is 7.93. The van der Waals surface area contributed by atoms with E-state index in [9.17, 15) is 9.59 Å². The van der Waals surface area contributed by atoms with Crippen LogP contribution < -0.4 is 16.4 Å². The lowest BCUT2D eigenvalue weighted by molar-refractivity contribution is -0.122. The summed E-state index contributed by atoms with van der Waals surface area (Å²) >= 11 is 0. The highest BCUT2D eigenvalue weighted by atomic mass is 16.2. The van der Waals surface area contributed by atoms with Crippen molar-refractivity contribution in [2.75, 3.05) is 31.9 Å². The van der Waals surface area contributed by atoms with Gasteiger partial charge in [0.05, 0.1) is 6.54 Å². The van der Waals surface area contributed by atoms with Crippen LogP contribution in [-0.4, -0.2) is 48.9 Å². The van der Waals surface area contributed by atoms with Gasteiger partial charge in [-0.1, -0.05) is 13.0 Å². The summed E-state index contributed by atoms with van der Waals surface area (Å²) in [7, 11) is 0. The maximum absolute atomic E-state index is 12.4. The smallest absolute Gasteiger partial charge is 0.251 e. The van der Waals surface area contributed by atoms with Crippen LogP contribution in [0.5, 0.6) is 0 Å². The molecule has 1 heterocycles. The van der Waals surface area contributed by atoms with Crippen LogP contribution in [0.3, 0.4) is 0 Å². The highest BCUT2D eigenvalue weighted by molar-refractivity contribution is 5.96. The fourth-order valence-electron chi connectivity index (χ4n) is 2.91. The number of nitrogen functional groups attached to an aromatic ring is 1. The maximum atomic E-state index is 12.4. The Balaban J connectivity index is 1.79. The number of anilines is 1. The number of hydrogen-bond donors (Lipinski definition) is 3. The van der Waals surface area contributed by atoms with E-state index in [1.165, 1.54) is 0 Å². The lowest BCUT2D eigenvalue weighted by Crippen LogP contribution is -2.47. The molecule has 0 bridgehead atoms. The third-order valence-corrected chi connectivity index (χ3v) is 4.37. The van der Waals surface area contributed by atoms with Gasteiger partial charge in [-0.2, -0.15) is 0 Å². The summed E-state index contributed by atoms with van der Waals surface area (Å²) in [6.07, 6.45) is 2.66. The Morgan fingerprint density at radius 2 is 2.00 bits per heavy atom. The van der Waals surface area contributed by atoms with Crippen LogP contribution >= 0.6 is 0 Å². The molecular formula is C18H28N4O2. The minimum Gasteiger partial charge on any atom is -0.399 e. The number of aryl methyl sites for hydroxylation is 1. The number of benzene rings is 1. The van der Waals surface area contributed by atoms with Crippen LogP contribution in [0, 0.1) is 6.92 Å². The number of amides is 2. The Morgan fingerprint density at radius 1 is 1.29 bits per heavy atom. The van der Waals surface area contributed by atoms with Gasteiger partial charge in [0.15, 0.2) is 0 Å². The van der Waals surface area contributed by atoms with Crippen molar-refractivity contribution in [3.63, 3.8) is 0 Å². The van der Waals surface area contributed by atoms with Gasteiger partial charge < -0.3 is 16.4 Å². The van der Waals surface area contributed by atoms with Gasteiger partial charge in [0.25, 0.3) is 5.91 Å². The molecule has 4 N–H and O–H groups in total. The molecule has 6 nitrogen and oxygen atoms in total. The molecule has 1 saturated heterocycles. The number of nitrogens with zero attached hydrogens (tertiary/aromatic N) is 1. The summed E-state index contributed by atoms with van der Waals surface area (Å²) in [6, 6.07) is 5.53. The van der Waals surface area contributed by atoms with Crippen molar-refractivity contribution in [3.8, 4) is 0 Å². The number of nitrogens with two attached hydrogens (primary N) is 1. The number of hydrogen-bond acceptors (Lipinski definition) is 4. The molecule has 0 aromatic heterocycles. The average Bonchev–Trinajstić information content (AvgIpc) is 2.57. The van der Waals surface area contributed by atoms with Gasteiger partial charge in [0.1, 0.15) is 0 Å². The molecular weight excluding hydrogens is 304 g/mol. The molecule has 0 aliphatic carbocycles. The van der Waals surface area contributed by atoms with Crippen molar-refractivity contribution in [1.29, 1.82) is 0 Å². The zero-order chi connectivity index (χ0) is 17.5. The molecule has 24 heavy (non-hydrogen) atoms. The van der Waals surface area contributed by atoms with Crippen LogP contribution in [0.25, 0.3) is 0 Å². The van der Waals surface area contributed by atoms with E-state index >= 15 is 0 Å². The summed E-state index contributed by atoms with van der Waals surface area (Å²) in [5.74, 6) is 0.00802. The van der Waals surface area contributed by atoms with Gasteiger partial charge in [-0.25, -0.2) is 0 Å². The van der Waals surface area contributed by atoms with Crippen molar-refractivity contribution < 1.29 is 9.59 Å². The van der Waals surface area contributed by atoms with Crippen LogP contribution in [0.4, 0.5) is 5.69 Å². The van der Waals surface area contributed by atoms with Gasteiger partial charge in [-0.15, -0.1) is 0 Å². The second kappa shape index (κ2) is 8.68. The number of likely N-dealkylation sites (tertiary alicyclic amines) is 1. The topological polar surface area (TPSA) is 87.5 Å². The third-order valence-electron chi connectivity index (χ3n) is 4.37. The van der Waals surface area contributed by atoms with E-state index in [-0.39, 0.29) is 17.9 Å². The molecule has 0 spiro atoms. The summed E-state index contributed by atoms with van der Waals surface area (Å²) < 4.78 is 0. The molecule has 0 unspecified atom stereocenters. The van der Waals surface area contributed by atoms with E-state index in [2.05, 4.69) is 15.5 Å². The van der Waals surface area contributed by atoms with Gasteiger partial charge >= 0.3 is 0 Å². The molecule has 6 heteroatoms. The molecule has 1 fully saturated rings. The third kappa shape index (κ3) is 5.23. The Bertz CT molecular complexity index is 580. The lowest BCUT2D eigenvalue weighted by Gasteiger charge is -2.32. The molecule has 132 valence electrons. The van der Waals surface area contributed by atoms with Crippen molar-refractivity contribution in [1.82, 2.24) is 15.5 Å². The van der Waals surface area contributed by atoms with Gasteiger partial charge in [0.2, 0.25) is 5.91 Å². The second-order valence-electron chi connectivity index (χ2n) is 6.45. The molecule has 0 atom stereocenters. The SMILES string of the molecule is CCCNC(=O)CN1CCC(NC(=O)c2cc(N)ccc2C)CC1. The largest absolute Gasteiger partial charge is 0.399 e. The van der Waals surface area contributed by atoms with Crippen LogP contribution in [0.15, 0.2) is 18.2 Å². The first-order valence-electron chi connectivity index (χ1n) is 8.65. The molecule has 1 aliphatic heterocycles. The molecule has 1 aromatic carbocycles. The summed E-state index contributed by atoms with van der Waals surface area (Å²) in [4.78, 5) is 26.3. The maximum Gasteiger partial charge on any atom is 0.251 e. The van der Waals surface area contributed by atoms with Crippen LogP contribution in [0.1, 0.15) is 42.1 Å². The second-order valence-corrected chi connectivity index (χ2v) is 6.45. The minimum atomic E-state index is -0.0704. The highest BCUT2D eigenvalue weighted by Crippen LogP contribution is 2.15. The first-order valence-corrected chi connectivity index (χ1v) is 8.65. The summed E-state index contributed by atoms with van der Waals surface area (Å²) in [5, 5.41) is 5.98. The van der Waals surface area contributed by atoms with E-state index in [1.807, 2.05) is 19.9 Å². The first kappa shape index (κ1) is 18.3. The van der Waals surface area contributed by atoms with Crippen LogP contribution in [-0.2, 0) is 4.79 Å². The molecule has 1 aliphatic rings. The quantitative estimate of drug-likeness (QED) is 0.685. The molecule has 0 radical (unpaired) electrons. The molecule has 2 amide bonds. The van der Waals surface area contributed by atoms with Crippen molar-refractivity contribution in [3.05, 3.63) is 29.3 Å². The number of nitrogens with one attached hydrogen (secondary N) is 2. The number of piperidine rings is 1. The first-order chi connectivity index (χ1) is 11.5. The number of carbonyl (C=O) groups is 2. The Kier molecular flexibility index (Phi) is 6.61. The van der Waals surface area contributed by atoms with Crippen LogP contribution in [0.2, 0.25) is 0 Å². The van der Waals surface area contributed by atoms with E-state index in [1.54, 1.807) is 12.1 Å². The normalized spacial score (nSPS) is 15.9. The van der Waals surface area contributed by atoms with Gasteiger partial charge in [-0.3, -0.25) is 14.5 Å². The van der Waals surface area contributed by atoms with E-state index < -0.39 is 0 Å². The fourth-order valence-corrected chi connectivity index (χ4v) is 2.91.